The Hall–Kier alpha value is -0.250. The molecule has 1 aliphatic rings. The van der Waals surface area contributed by atoms with Crippen LogP contribution in [0.5, 0.6) is 0 Å². The largest absolute Gasteiger partial charge is 0.401 e. The molecule has 0 aromatic rings. The fourth-order valence-corrected chi connectivity index (χ4v) is 2.51. The van der Waals surface area contributed by atoms with Crippen LogP contribution in [0.1, 0.15) is 34.6 Å². The van der Waals surface area contributed by atoms with E-state index in [1.807, 2.05) is 6.92 Å². The van der Waals surface area contributed by atoms with Gasteiger partial charge in [-0.1, -0.05) is 13.8 Å². The zero-order valence-electron chi connectivity index (χ0n) is 14.9. The number of halogens is 4. The van der Waals surface area contributed by atoms with Crippen molar-refractivity contribution in [1.29, 1.82) is 0 Å². The summed E-state index contributed by atoms with van der Waals surface area (Å²) in [6.07, 6.45) is -4.16. The van der Waals surface area contributed by atoms with Gasteiger partial charge in [-0.15, -0.1) is 24.0 Å². The maximum Gasteiger partial charge on any atom is 0.401 e. The van der Waals surface area contributed by atoms with Crippen molar-refractivity contribution in [1.82, 2.24) is 15.1 Å². The molecular weight excluding hydrogens is 420 g/mol. The van der Waals surface area contributed by atoms with Crippen molar-refractivity contribution in [2.24, 2.45) is 10.4 Å². The molecule has 0 amide bonds. The second kappa shape index (κ2) is 8.22. The lowest BCUT2D eigenvalue weighted by Gasteiger charge is -2.62. The third-order valence-corrected chi connectivity index (χ3v) is 4.67. The fraction of sp³-hybridized carbons (Fsp3) is 0.933. The molecule has 1 fully saturated rings. The lowest BCUT2D eigenvalue weighted by Crippen LogP contribution is -2.72. The van der Waals surface area contributed by atoms with Crippen molar-refractivity contribution in [2.45, 2.75) is 46.3 Å². The lowest BCUT2D eigenvalue weighted by molar-refractivity contribution is -0.142. The molecule has 0 radical (unpaired) electrons. The van der Waals surface area contributed by atoms with E-state index in [1.54, 1.807) is 0 Å². The van der Waals surface area contributed by atoms with E-state index in [0.717, 1.165) is 19.0 Å². The summed E-state index contributed by atoms with van der Waals surface area (Å²) in [4.78, 5) is 7.93. The van der Waals surface area contributed by atoms with E-state index in [4.69, 9.17) is 0 Å². The number of nitrogens with zero attached hydrogens (tertiary/aromatic N) is 3. The molecule has 0 atom stereocenters. The number of guanidine groups is 1. The van der Waals surface area contributed by atoms with Crippen LogP contribution in [-0.2, 0) is 0 Å². The molecule has 1 rings (SSSR count). The summed E-state index contributed by atoms with van der Waals surface area (Å²) in [6, 6.07) is 0. The van der Waals surface area contributed by atoms with Crippen LogP contribution in [0, 0.1) is 5.41 Å². The molecule has 0 saturated carbocycles. The van der Waals surface area contributed by atoms with Gasteiger partial charge in [0.05, 0.1) is 13.1 Å². The number of hydrogen-bond acceptors (Lipinski definition) is 2. The van der Waals surface area contributed by atoms with Gasteiger partial charge in [0.2, 0.25) is 0 Å². The molecule has 1 N–H and O–H groups in total. The van der Waals surface area contributed by atoms with Crippen LogP contribution in [0.4, 0.5) is 13.2 Å². The monoisotopic (exact) mass is 450 g/mol. The van der Waals surface area contributed by atoms with Crippen LogP contribution >= 0.6 is 24.0 Å². The van der Waals surface area contributed by atoms with Crippen molar-refractivity contribution in [3.63, 3.8) is 0 Å². The predicted molar refractivity (Wildman–Crippen MR) is 99.5 cm³/mol. The first-order valence-corrected chi connectivity index (χ1v) is 7.72. The molecule has 23 heavy (non-hydrogen) atoms. The molecule has 0 aliphatic carbocycles. The molecule has 4 nitrogen and oxygen atoms in total. The first-order valence-electron chi connectivity index (χ1n) is 7.72. The van der Waals surface area contributed by atoms with Gasteiger partial charge in [-0.3, -0.25) is 9.89 Å². The highest BCUT2D eigenvalue weighted by Crippen LogP contribution is 2.46. The number of nitrogens with one attached hydrogen (secondary N) is 1. The Morgan fingerprint density at radius 1 is 1.26 bits per heavy atom. The topological polar surface area (TPSA) is 30.9 Å². The quantitative estimate of drug-likeness (QED) is 0.397. The van der Waals surface area contributed by atoms with Crippen molar-refractivity contribution in [2.75, 3.05) is 39.8 Å². The molecule has 0 unspecified atom stereocenters. The van der Waals surface area contributed by atoms with Crippen LogP contribution in [0.15, 0.2) is 4.99 Å². The fourth-order valence-electron chi connectivity index (χ4n) is 2.51. The van der Waals surface area contributed by atoms with Gasteiger partial charge in [0.1, 0.15) is 0 Å². The standard InChI is InChI=1S/C15H29F3N4.HI/c1-7-19-12(22-10-13(2,3)14(22,4)5)20-8-9-21(6)11-15(16,17)18;/h7-11H2,1-6H3,(H,19,20);1H. The van der Waals surface area contributed by atoms with Crippen LogP contribution in [0.2, 0.25) is 0 Å². The number of likely N-dealkylation sites (N-methyl/N-ethyl adjacent to an activating group) is 1. The lowest BCUT2D eigenvalue weighted by atomic mass is 9.65. The minimum Gasteiger partial charge on any atom is -0.356 e. The summed E-state index contributed by atoms with van der Waals surface area (Å²) in [7, 11) is 1.46. The van der Waals surface area contributed by atoms with Gasteiger partial charge in [0.15, 0.2) is 5.96 Å². The summed E-state index contributed by atoms with van der Waals surface area (Å²) >= 11 is 0. The normalized spacial score (nSPS) is 20.1. The minimum atomic E-state index is -4.16. The first-order chi connectivity index (χ1) is 9.90. The minimum absolute atomic E-state index is 0. The van der Waals surface area contributed by atoms with Crippen molar-refractivity contribution in [3.8, 4) is 0 Å². The zero-order valence-corrected chi connectivity index (χ0v) is 17.2. The third-order valence-electron chi connectivity index (χ3n) is 4.67. The zero-order chi connectivity index (χ0) is 17.2. The summed E-state index contributed by atoms with van der Waals surface area (Å²) in [5, 5.41) is 3.24. The van der Waals surface area contributed by atoms with E-state index < -0.39 is 12.7 Å². The van der Waals surface area contributed by atoms with E-state index in [2.05, 4.69) is 42.9 Å². The Bertz CT molecular complexity index is 408. The molecule has 0 bridgehead atoms. The van der Waals surface area contributed by atoms with E-state index >= 15 is 0 Å². The van der Waals surface area contributed by atoms with Gasteiger partial charge in [-0.2, -0.15) is 13.2 Å². The van der Waals surface area contributed by atoms with Crippen molar-refractivity contribution in [3.05, 3.63) is 0 Å². The van der Waals surface area contributed by atoms with E-state index in [-0.39, 0.29) is 41.5 Å². The van der Waals surface area contributed by atoms with Crippen LogP contribution in [0.25, 0.3) is 0 Å². The number of rotatable bonds is 5. The number of aliphatic imine (C=N–C) groups is 1. The molecular formula is C15H30F3IN4. The molecule has 0 spiro atoms. The number of likely N-dealkylation sites (tertiary alicyclic amines) is 1. The molecule has 138 valence electrons. The van der Waals surface area contributed by atoms with Gasteiger partial charge in [-0.05, 0) is 27.8 Å². The maximum absolute atomic E-state index is 12.3. The SMILES string of the molecule is CCNC(=NCCN(C)CC(F)(F)F)N1CC(C)(C)C1(C)C.I. The van der Waals surface area contributed by atoms with Crippen molar-refractivity contribution < 1.29 is 13.2 Å². The van der Waals surface area contributed by atoms with Gasteiger partial charge in [-0.25, -0.2) is 0 Å². The second-order valence-corrected chi connectivity index (χ2v) is 7.12. The van der Waals surface area contributed by atoms with Crippen molar-refractivity contribution >= 4 is 29.9 Å². The Balaban J connectivity index is 0.00000484. The number of alkyl halides is 3. The van der Waals surface area contributed by atoms with Gasteiger partial charge in [0, 0.05) is 30.6 Å². The molecule has 1 aliphatic heterocycles. The summed E-state index contributed by atoms with van der Waals surface area (Å²) < 4.78 is 36.9. The molecule has 1 saturated heterocycles. The molecule has 8 heteroatoms. The molecule has 0 aromatic carbocycles. The average Bonchev–Trinajstić information content (AvgIpc) is 2.33. The van der Waals surface area contributed by atoms with Crippen LogP contribution in [-0.4, -0.2) is 67.2 Å². The van der Waals surface area contributed by atoms with Gasteiger partial charge >= 0.3 is 6.18 Å². The highest BCUT2D eigenvalue weighted by molar-refractivity contribution is 14.0. The number of hydrogen-bond donors (Lipinski definition) is 1. The summed E-state index contributed by atoms with van der Waals surface area (Å²) in [5.41, 5.74) is 0.169. The van der Waals surface area contributed by atoms with E-state index in [9.17, 15) is 13.2 Å². The Labute approximate surface area is 154 Å². The summed E-state index contributed by atoms with van der Waals surface area (Å²) in [5.74, 6) is 0.784. The van der Waals surface area contributed by atoms with E-state index in [1.165, 1.54) is 11.9 Å². The third kappa shape index (κ3) is 5.95. The first kappa shape index (κ1) is 22.8. The summed E-state index contributed by atoms with van der Waals surface area (Å²) in [6.45, 7) is 12.1. The van der Waals surface area contributed by atoms with Crippen LogP contribution < -0.4 is 5.32 Å². The second-order valence-electron chi connectivity index (χ2n) is 7.12. The Morgan fingerprint density at radius 3 is 2.22 bits per heavy atom. The molecule has 0 aromatic heterocycles. The van der Waals surface area contributed by atoms with Gasteiger partial charge in [0.25, 0.3) is 0 Å². The Morgan fingerprint density at radius 2 is 1.83 bits per heavy atom. The highest BCUT2D eigenvalue weighted by atomic mass is 127. The molecule has 1 heterocycles. The van der Waals surface area contributed by atoms with E-state index in [0.29, 0.717) is 6.54 Å². The predicted octanol–water partition coefficient (Wildman–Crippen LogP) is 3.18. The highest BCUT2D eigenvalue weighted by Gasteiger charge is 2.53. The smallest absolute Gasteiger partial charge is 0.356 e. The van der Waals surface area contributed by atoms with Crippen LogP contribution in [0.3, 0.4) is 0 Å². The Kier molecular flexibility index (Phi) is 8.13. The average molecular weight is 450 g/mol. The van der Waals surface area contributed by atoms with Gasteiger partial charge < -0.3 is 10.2 Å². The maximum atomic E-state index is 12.3.